The summed E-state index contributed by atoms with van der Waals surface area (Å²) in [6.07, 6.45) is 0.907. The minimum Gasteiger partial charge on any atom is -0.346 e. The molecule has 0 aliphatic carbocycles. The molecule has 0 atom stereocenters. The Labute approximate surface area is 155 Å². The van der Waals surface area contributed by atoms with Crippen molar-refractivity contribution < 1.29 is 14.3 Å². The largest absolute Gasteiger partial charge is 0.346 e. The van der Waals surface area contributed by atoms with Gasteiger partial charge in [-0.25, -0.2) is 0 Å². The van der Waals surface area contributed by atoms with Crippen LogP contribution in [0.1, 0.15) is 55.6 Å². The molecule has 1 fully saturated rings. The van der Waals surface area contributed by atoms with Gasteiger partial charge in [0.05, 0.1) is 13.2 Å². The van der Waals surface area contributed by atoms with Gasteiger partial charge in [-0.3, -0.25) is 4.79 Å². The summed E-state index contributed by atoms with van der Waals surface area (Å²) in [5.74, 6) is -0.855. The SMILES string of the molecule is CC(C)(C)c1ccc(NC(=O)c2ccc(C3(C)OCCCO3)cc2)cc1. The molecular weight excluding hydrogens is 326 g/mol. The third kappa shape index (κ3) is 4.14. The molecule has 1 N–H and O–H groups in total. The van der Waals surface area contributed by atoms with E-state index in [9.17, 15) is 4.79 Å². The first-order chi connectivity index (χ1) is 12.3. The van der Waals surface area contributed by atoms with E-state index in [1.165, 1.54) is 5.56 Å². The van der Waals surface area contributed by atoms with E-state index in [-0.39, 0.29) is 11.3 Å². The molecule has 1 aliphatic rings. The molecule has 26 heavy (non-hydrogen) atoms. The smallest absolute Gasteiger partial charge is 0.255 e. The first-order valence-electron chi connectivity index (χ1n) is 9.08. The fraction of sp³-hybridized carbons (Fsp3) is 0.409. The van der Waals surface area contributed by atoms with Crippen molar-refractivity contribution in [2.75, 3.05) is 18.5 Å². The summed E-state index contributed by atoms with van der Waals surface area (Å²) >= 11 is 0. The predicted molar refractivity (Wildman–Crippen MR) is 103 cm³/mol. The Balaban J connectivity index is 1.68. The van der Waals surface area contributed by atoms with Gasteiger partial charge < -0.3 is 14.8 Å². The lowest BCUT2D eigenvalue weighted by atomic mass is 9.87. The molecule has 1 amide bonds. The van der Waals surface area contributed by atoms with Gasteiger partial charge in [0.15, 0.2) is 5.79 Å². The fourth-order valence-electron chi connectivity index (χ4n) is 2.98. The van der Waals surface area contributed by atoms with Crippen LogP contribution in [0.15, 0.2) is 48.5 Å². The van der Waals surface area contributed by atoms with Gasteiger partial charge in [-0.2, -0.15) is 0 Å². The average molecular weight is 353 g/mol. The maximum Gasteiger partial charge on any atom is 0.255 e. The minimum atomic E-state index is -0.726. The lowest BCUT2D eigenvalue weighted by Crippen LogP contribution is -2.34. The molecule has 1 heterocycles. The number of hydrogen-bond acceptors (Lipinski definition) is 3. The van der Waals surface area contributed by atoms with Crippen molar-refractivity contribution in [3.05, 3.63) is 65.2 Å². The van der Waals surface area contributed by atoms with Crippen molar-refractivity contribution in [1.29, 1.82) is 0 Å². The summed E-state index contributed by atoms with van der Waals surface area (Å²) in [6, 6.07) is 15.4. The Morgan fingerprint density at radius 1 is 0.962 bits per heavy atom. The lowest BCUT2D eigenvalue weighted by Gasteiger charge is -2.34. The number of anilines is 1. The molecule has 0 unspecified atom stereocenters. The molecule has 2 aromatic carbocycles. The van der Waals surface area contributed by atoms with Crippen molar-refractivity contribution in [3.63, 3.8) is 0 Å². The van der Waals surface area contributed by atoms with Gasteiger partial charge in [0, 0.05) is 16.8 Å². The summed E-state index contributed by atoms with van der Waals surface area (Å²) in [5.41, 5.74) is 3.65. The van der Waals surface area contributed by atoms with E-state index in [1.807, 2.05) is 31.2 Å². The number of carbonyl (C=O) groups is 1. The number of rotatable bonds is 3. The van der Waals surface area contributed by atoms with Crippen LogP contribution < -0.4 is 5.32 Å². The Kier molecular flexibility index (Phi) is 5.17. The van der Waals surface area contributed by atoms with Crippen LogP contribution in [0.5, 0.6) is 0 Å². The zero-order chi connectivity index (χ0) is 18.8. The molecule has 0 spiro atoms. The fourth-order valence-corrected chi connectivity index (χ4v) is 2.98. The summed E-state index contributed by atoms with van der Waals surface area (Å²) in [6.45, 7) is 9.79. The van der Waals surface area contributed by atoms with E-state index < -0.39 is 5.79 Å². The average Bonchev–Trinajstić information content (AvgIpc) is 2.62. The number of nitrogens with one attached hydrogen (secondary N) is 1. The Morgan fingerprint density at radius 2 is 1.54 bits per heavy atom. The minimum absolute atomic E-state index is 0.0950. The van der Waals surface area contributed by atoms with Crippen molar-refractivity contribution in [1.82, 2.24) is 0 Å². The topological polar surface area (TPSA) is 47.6 Å². The maximum absolute atomic E-state index is 12.5. The third-order valence-electron chi connectivity index (χ3n) is 4.72. The van der Waals surface area contributed by atoms with Crippen molar-refractivity contribution in [2.45, 2.75) is 45.3 Å². The number of hydrogen-bond donors (Lipinski definition) is 1. The molecular formula is C22H27NO3. The summed E-state index contributed by atoms with van der Waals surface area (Å²) in [5, 5.41) is 2.94. The zero-order valence-corrected chi connectivity index (χ0v) is 16.0. The van der Waals surface area contributed by atoms with Crippen LogP contribution in [0.25, 0.3) is 0 Å². The molecule has 0 radical (unpaired) electrons. The summed E-state index contributed by atoms with van der Waals surface area (Å²) < 4.78 is 11.5. The van der Waals surface area contributed by atoms with E-state index >= 15 is 0 Å². The predicted octanol–water partition coefficient (Wildman–Crippen LogP) is 4.85. The van der Waals surface area contributed by atoms with Crippen LogP contribution in [-0.4, -0.2) is 19.1 Å². The van der Waals surface area contributed by atoms with Crippen LogP contribution >= 0.6 is 0 Å². The van der Waals surface area contributed by atoms with Gasteiger partial charge in [-0.05, 0) is 48.6 Å². The Morgan fingerprint density at radius 3 is 2.08 bits per heavy atom. The number of ether oxygens (including phenoxy) is 2. The van der Waals surface area contributed by atoms with Gasteiger partial charge in [0.1, 0.15) is 0 Å². The highest BCUT2D eigenvalue weighted by atomic mass is 16.7. The first-order valence-corrected chi connectivity index (χ1v) is 9.08. The van der Waals surface area contributed by atoms with E-state index in [1.54, 1.807) is 12.1 Å². The lowest BCUT2D eigenvalue weighted by molar-refractivity contribution is -0.264. The second-order valence-corrected chi connectivity index (χ2v) is 7.86. The van der Waals surface area contributed by atoms with E-state index in [0.29, 0.717) is 18.8 Å². The van der Waals surface area contributed by atoms with Gasteiger partial charge in [-0.15, -0.1) is 0 Å². The number of amides is 1. The molecule has 2 aromatic rings. The molecule has 1 saturated heterocycles. The third-order valence-corrected chi connectivity index (χ3v) is 4.72. The molecule has 3 rings (SSSR count). The Hall–Kier alpha value is -2.17. The first kappa shape index (κ1) is 18.6. The van der Waals surface area contributed by atoms with Crippen LogP contribution in [0.4, 0.5) is 5.69 Å². The van der Waals surface area contributed by atoms with Crippen molar-refractivity contribution >= 4 is 11.6 Å². The molecule has 4 nitrogen and oxygen atoms in total. The second-order valence-electron chi connectivity index (χ2n) is 7.86. The van der Waals surface area contributed by atoms with Crippen molar-refractivity contribution in [2.24, 2.45) is 0 Å². The van der Waals surface area contributed by atoms with Gasteiger partial charge in [-0.1, -0.05) is 45.0 Å². The number of carbonyl (C=O) groups excluding carboxylic acids is 1. The highest BCUT2D eigenvalue weighted by Crippen LogP contribution is 2.30. The molecule has 0 saturated carbocycles. The van der Waals surface area contributed by atoms with Crippen molar-refractivity contribution in [3.8, 4) is 0 Å². The quantitative estimate of drug-likeness (QED) is 0.858. The normalized spacial score (nSPS) is 16.9. The van der Waals surface area contributed by atoms with Gasteiger partial charge >= 0.3 is 0 Å². The standard InChI is InChI=1S/C22H27NO3/c1-21(2,3)17-10-12-19(13-11-17)23-20(24)16-6-8-18(9-7-16)22(4)25-14-5-15-26-22/h6-13H,5,14-15H2,1-4H3,(H,23,24). The summed E-state index contributed by atoms with van der Waals surface area (Å²) in [7, 11) is 0. The molecule has 138 valence electrons. The maximum atomic E-state index is 12.5. The number of benzene rings is 2. The zero-order valence-electron chi connectivity index (χ0n) is 16.0. The highest BCUT2D eigenvalue weighted by molar-refractivity contribution is 6.04. The van der Waals surface area contributed by atoms with E-state index in [4.69, 9.17) is 9.47 Å². The molecule has 0 aromatic heterocycles. The molecule has 0 bridgehead atoms. The van der Waals surface area contributed by atoms with E-state index in [2.05, 4.69) is 38.2 Å². The summed E-state index contributed by atoms with van der Waals surface area (Å²) in [4.78, 5) is 12.5. The van der Waals surface area contributed by atoms with Gasteiger partial charge in [0.25, 0.3) is 5.91 Å². The van der Waals surface area contributed by atoms with Crippen LogP contribution in [0, 0.1) is 0 Å². The second kappa shape index (κ2) is 7.22. The van der Waals surface area contributed by atoms with E-state index in [0.717, 1.165) is 17.7 Å². The van der Waals surface area contributed by atoms with Crippen LogP contribution in [0.3, 0.4) is 0 Å². The Bertz CT molecular complexity index is 751. The van der Waals surface area contributed by atoms with Crippen LogP contribution in [-0.2, 0) is 20.7 Å². The molecule has 1 aliphatic heterocycles. The highest BCUT2D eigenvalue weighted by Gasteiger charge is 2.31. The van der Waals surface area contributed by atoms with Crippen LogP contribution in [0.2, 0.25) is 0 Å². The molecule has 4 heteroatoms. The monoisotopic (exact) mass is 353 g/mol. The van der Waals surface area contributed by atoms with Gasteiger partial charge in [0.2, 0.25) is 0 Å².